The Kier molecular flexibility index (Phi) is 3.50. The molecule has 0 spiro atoms. The number of hydrogen-bond donors (Lipinski definition) is 1. The van der Waals surface area contributed by atoms with Crippen molar-refractivity contribution >= 4 is 37.5 Å². The van der Waals surface area contributed by atoms with Crippen LogP contribution < -0.4 is 10.1 Å². The normalized spacial score (nSPS) is 17.3. The highest BCUT2D eigenvalue weighted by atomic mass is 79.9. The van der Waals surface area contributed by atoms with E-state index in [0.29, 0.717) is 12.1 Å². The number of hydrogen-bond acceptors (Lipinski definition) is 2. The highest BCUT2D eigenvalue weighted by Crippen LogP contribution is 2.36. The van der Waals surface area contributed by atoms with Gasteiger partial charge in [-0.05, 0) is 30.3 Å². The minimum atomic E-state index is -0.318. The molecule has 1 unspecified atom stereocenters. The number of fused-ring (bicyclic) bond motifs is 1. The number of anilines is 1. The Morgan fingerprint density at radius 1 is 1.11 bits per heavy atom. The fourth-order valence-corrected chi connectivity index (χ4v) is 2.77. The van der Waals surface area contributed by atoms with Gasteiger partial charge in [-0.2, -0.15) is 0 Å². The molecule has 98 valence electrons. The lowest BCUT2D eigenvalue weighted by Crippen LogP contribution is -2.24. The molecule has 1 N–H and O–H groups in total. The van der Waals surface area contributed by atoms with Crippen LogP contribution >= 0.6 is 31.9 Å². The van der Waals surface area contributed by atoms with Crippen molar-refractivity contribution in [3.05, 3.63) is 56.7 Å². The molecule has 1 heterocycles. The van der Waals surface area contributed by atoms with Gasteiger partial charge in [0, 0.05) is 14.5 Å². The summed E-state index contributed by atoms with van der Waals surface area (Å²) in [4.78, 5) is 0. The topological polar surface area (TPSA) is 21.3 Å². The number of ether oxygens (including phenoxy) is 1. The maximum absolute atomic E-state index is 13.9. The highest BCUT2D eigenvalue weighted by molar-refractivity contribution is 9.10. The summed E-state index contributed by atoms with van der Waals surface area (Å²) in [5.41, 5.74) is 1.48. The average Bonchev–Trinajstić information content (AvgIpc) is 2.38. The third-order valence-electron chi connectivity index (χ3n) is 3.00. The SMILES string of the molecule is Fc1cc(Br)ccc1C1CNc2cc(Br)ccc2O1. The van der Waals surface area contributed by atoms with Crippen molar-refractivity contribution in [2.45, 2.75) is 6.10 Å². The van der Waals surface area contributed by atoms with Crippen molar-refractivity contribution in [1.29, 1.82) is 0 Å². The zero-order valence-electron chi connectivity index (χ0n) is 9.79. The summed E-state index contributed by atoms with van der Waals surface area (Å²) in [6, 6.07) is 10.7. The Labute approximate surface area is 127 Å². The molecule has 0 radical (unpaired) electrons. The van der Waals surface area contributed by atoms with Crippen molar-refractivity contribution in [2.24, 2.45) is 0 Å². The van der Waals surface area contributed by atoms with E-state index in [1.807, 2.05) is 24.3 Å². The summed E-state index contributed by atoms with van der Waals surface area (Å²) in [6.07, 6.45) is -0.318. The molecule has 1 atom stereocenters. The van der Waals surface area contributed by atoms with E-state index in [1.165, 1.54) is 6.07 Å². The molecule has 5 heteroatoms. The second-order valence-corrected chi connectivity index (χ2v) is 6.13. The summed E-state index contributed by atoms with van der Waals surface area (Å²) in [7, 11) is 0. The first-order valence-corrected chi connectivity index (χ1v) is 7.37. The summed E-state index contributed by atoms with van der Waals surface area (Å²) in [5.74, 6) is 0.475. The largest absolute Gasteiger partial charge is 0.482 e. The molecular formula is C14H10Br2FNO. The Hall–Kier alpha value is -1.07. The van der Waals surface area contributed by atoms with Crippen LogP contribution in [0.1, 0.15) is 11.7 Å². The maximum Gasteiger partial charge on any atom is 0.144 e. The van der Waals surface area contributed by atoms with Gasteiger partial charge in [-0.3, -0.25) is 0 Å². The molecular weight excluding hydrogens is 377 g/mol. The summed E-state index contributed by atoms with van der Waals surface area (Å²) in [5, 5.41) is 3.26. The van der Waals surface area contributed by atoms with Gasteiger partial charge in [0.25, 0.3) is 0 Å². The first kappa shape index (κ1) is 12.9. The zero-order chi connectivity index (χ0) is 13.4. The van der Waals surface area contributed by atoms with Crippen LogP contribution in [-0.4, -0.2) is 6.54 Å². The molecule has 0 amide bonds. The molecule has 0 saturated carbocycles. The first-order chi connectivity index (χ1) is 9.13. The molecule has 2 aromatic carbocycles. The predicted octanol–water partition coefficient (Wildman–Crippen LogP) is 4.90. The molecule has 1 aliphatic rings. The van der Waals surface area contributed by atoms with Crippen molar-refractivity contribution in [2.75, 3.05) is 11.9 Å². The Morgan fingerprint density at radius 3 is 2.63 bits per heavy atom. The lowest BCUT2D eigenvalue weighted by molar-refractivity contribution is 0.205. The van der Waals surface area contributed by atoms with Crippen LogP contribution in [0.5, 0.6) is 5.75 Å². The summed E-state index contributed by atoms with van der Waals surface area (Å²) in [6.45, 7) is 0.544. The minimum absolute atomic E-state index is 0.262. The fraction of sp³-hybridized carbons (Fsp3) is 0.143. The lowest BCUT2D eigenvalue weighted by atomic mass is 10.1. The van der Waals surface area contributed by atoms with Crippen molar-refractivity contribution in [1.82, 2.24) is 0 Å². The Balaban J connectivity index is 1.91. The molecule has 0 bridgehead atoms. The molecule has 0 saturated heterocycles. The second kappa shape index (κ2) is 5.13. The van der Waals surface area contributed by atoms with E-state index in [0.717, 1.165) is 20.4 Å². The molecule has 0 fully saturated rings. The van der Waals surface area contributed by atoms with Gasteiger partial charge in [0.1, 0.15) is 17.7 Å². The fourth-order valence-electron chi connectivity index (χ4n) is 2.08. The van der Waals surface area contributed by atoms with E-state index >= 15 is 0 Å². The zero-order valence-corrected chi connectivity index (χ0v) is 13.0. The molecule has 2 nitrogen and oxygen atoms in total. The first-order valence-electron chi connectivity index (χ1n) is 5.78. The quantitative estimate of drug-likeness (QED) is 0.752. The molecule has 1 aliphatic heterocycles. The van der Waals surface area contributed by atoms with Gasteiger partial charge < -0.3 is 10.1 Å². The van der Waals surface area contributed by atoms with Crippen LogP contribution in [0.2, 0.25) is 0 Å². The average molecular weight is 387 g/mol. The van der Waals surface area contributed by atoms with Crippen LogP contribution in [-0.2, 0) is 0 Å². The Bertz CT molecular complexity index is 633. The lowest BCUT2D eigenvalue weighted by Gasteiger charge is -2.28. The smallest absolute Gasteiger partial charge is 0.144 e. The highest BCUT2D eigenvalue weighted by Gasteiger charge is 2.23. The summed E-state index contributed by atoms with van der Waals surface area (Å²) >= 11 is 6.66. The van der Waals surface area contributed by atoms with Gasteiger partial charge in [-0.15, -0.1) is 0 Å². The maximum atomic E-state index is 13.9. The van der Waals surface area contributed by atoms with E-state index < -0.39 is 0 Å². The minimum Gasteiger partial charge on any atom is -0.482 e. The molecule has 0 aliphatic carbocycles. The number of rotatable bonds is 1. The van der Waals surface area contributed by atoms with Crippen molar-refractivity contribution in [3.8, 4) is 5.75 Å². The van der Waals surface area contributed by atoms with Crippen molar-refractivity contribution < 1.29 is 9.13 Å². The van der Waals surface area contributed by atoms with Crippen LogP contribution in [0.25, 0.3) is 0 Å². The molecule has 0 aromatic heterocycles. The number of halogens is 3. The van der Waals surface area contributed by atoms with E-state index in [2.05, 4.69) is 37.2 Å². The van der Waals surface area contributed by atoms with Crippen molar-refractivity contribution in [3.63, 3.8) is 0 Å². The predicted molar refractivity (Wildman–Crippen MR) is 80.1 cm³/mol. The van der Waals surface area contributed by atoms with Gasteiger partial charge in [0.05, 0.1) is 12.2 Å². The van der Waals surface area contributed by atoms with Crippen LogP contribution in [0.15, 0.2) is 45.3 Å². The number of nitrogens with one attached hydrogen (secondary N) is 1. The third kappa shape index (κ3) is 2.62. The monoisotopic (exact) mass is 385 g/mol. The van der Waals surface area contributed by atoms with Gasteiger partial charge in [-0.1, -0.05) is 37.9 Å². The van der Waals surface area contributed by atoms with Gasteiger partial charge in [-0.25, -0.2) is 4.39 Å². The van der Waals surface area contributed by atoms with Crippen LogP contribution in [0, 0.1) is 5.82 Å². The number of benzene rings is 2. The standard InChI is InChI=1S/C14H10Br2FNO/c15-8-1-3-10(11(17)5-8)14-7-18-12-6-9(16)2-4-13(12)19-14/h1-6,14,18H,7H2. The molecule has 19 heavy (non-hydrogen) atoms. The molecule has 2 aromatic rings. The van der Waals surface area contributed by atoms with Gasteiger partial charge in [0.2, 0.25) is 0 Å². The summed E-state index contributed by atoms with van der Waals surface area (Å²) < 4.78 is 21.5. The van der Waals surface area contributed by atoms with Gasteiger partial charge in [0.15, 0.2) is 0 Å². The van der Waals surface area contributed by atoms with Crippen LogP contribution in [0.4, 0.5) is 10.1 Å². The van der Waals surface area contributed by atoms with E-state index in [1.54, 1.807) is 6.07 Å². The van der Waals surface area contributed by atoms with E-state index in [4.69, 9.17) is 4.74 Å². The van der Waals surface area contributed by atoms with Crippen LogP contribution in [0.3, 0.4) is 0 Å². The second-order valence-electron chi connectivity index (χ2n) is 4.29. The van der Waals surface area contributed by atoms with E-state index in [-0.39, 0.29) is 11.9 Å². The van der Waals surface area contributed by atoms with Gasteiger partial charge >= 0.3 is 0 Å². The third-order valence-corrected chi connectivity index (χ3v) is 3.98. The van der Waals surface area contributed by atoms with E-state index in [9.17, 15) is 4.39 Å². The molecule has 3 rings (SSSR count). The Morgan fingerprint density at radius 2 is 1.84 bits per heavy atom.